The molecule has 0 aliphatic rings. The first kappa shape index (κ1) is 13.2. The SMILES string of the molecule is Cc1ccc(Cl)c(Nc2ncc(N)cc2C(N)=O)c1. The number of anilines is 3. The summed E-state index contributed by atoms with van der Waals surface area (Å²) in [5.74, 6) is -0.278. The van der Waals surface area contributed by atoms with Crippen LogP contribution in [-0.2, 0) is 0 Å². The van der Waals surface area contributed by atoms with Crippen LogP contribution in [0.15, 0.2) is 30.5 Å². The van der Waals surface area contributed by atoms with Gasteiger partial charge in [0.1, 0.15) is 5.82 Å². The largest absolute Gasteiger partial charge is 0.397 e. The molecule has 0 aliphatic carbocycles. The minimum atomic E-state index is -0.605. The van der Waals surface area contributed by atoms with Crippen molar-refractivity contribution in [2.24, 2.45) is 5.73 Å². The lowest BCUT2D eigenvalue weighted by Crippen LogP contribution is -2.15. The van der Waals surface area contributed by atoms with E-state index in [9.17, 15) is 4.79 Å². The lowest BCUT2D eigenvalue weighted by Gasteiger charge is -2.11. The summed E-state index contributed by atoms with van der Waals surface area (Å²) >= 11 is 6.08. The molecule has 1 aromatic carbocycles. The molecule has 0 unspecified atom stereocenters. The second-order valence-corrected chi connectivity index (χ2v) is 4.54. The van der Waals surface area contributed by atoms with Crippen molar-refractivity contribution >= 4 is 34.7 Å². The van der Waals surface area contributed by atoms with Crippen molar-refractivity contribution in [3.8, 4) is 0 Å². The summed E-state index contributed by atoms with van der Waals surface area (Å²) in [6, 6.07) is 6.98. The first-order valence-corrected chi connectivity index (χ1v) is 5.93. The third kappa shape index (κ3) is 2.95. The molecular formula is C13H13ClN4O. The Balaban J connectivity index is 2.43. The molecule has 0 saturated heterocycles. The van der Waals surface area contributed by atoms with Crippen molar-refractivity contribution in [1.29, 1.82) is 0 Å². The fraction of sp³-hybridized carbons (Fsp3) is 0.0769. The molecule has 98 valence electrons. The van der Waals surface area contributed by atoms with E-state index < -0.39 is 5.91 Å². The predicted octanol–water partition coefficient (Wildman–Crippen LogP) is 2.47. The maximum Gasteiger partial charge on any atom is 0.252 e. The van der Waals surface area contributed by atoms with E-state index in [4.69, 9.17) is 23.1 Å². The van der Waals surface area contributed by atoms with E-state index in [1.54, 1.807) is 6.07 Å². The average molecular weight is 277 g/mol. The van der Waals surface area contributed by atoms with Crippen molar-refractivity contribution < 1.29 is 4.79 Å². The van der Waals surface area contributed by atoms with Gasteiger partial charge in [-0.3, -0.25) is 4.79 Å². The first-order chi connectivity index (χ1) is 8.97. The van der Waals surface area contributed by atoms with Crippen LogP contribution >= 0.6 is 11.6 Å². The standard InChI is InChI=1S/C13H13ClN4O/c1-7-2-3-10(14)11(4-7)18-13-9(12(16)19)5-8(15)6-17-13/h2-6H,15H2,1H3,(H2,16,19)(H,17,18). The molecule has 6 heteroatoms. The molecule has 1 heterocycles. The highest BCUT2D eigenvalue weighted by Crippen LogP contribution is 2.27. The zero-order valence-electron chi connectivity index (χ0n) is 10.3. The lowest BCUT2D eigenvalue weighted by atomic mass is 10.2. The number of halogens is 1. The monoisotopic (exact) mass is 276 g/mol. The zero-order valence-corrected chi connectivity index (χ0v) is 11.0. The Morgan fingerprint density at radius 2 is 2.11 bits per heavy atom. The van der Waals surface area contributed by atoms with Gasteiger partial charge in [-0.25, -0.2) is 4.98 Å². The zero-order chi connectivity index (χ0) is 14.0. The number of rotatable bonds is 3. The molecule has 0 fully saturated rings. The van der Waals surface area contributed by atoms with Gasteiger partial charge >= 0.3 is 0 Å². The number of nitrogens with zero attached hydrogens (tertiary/aromatic N) is 1. The third-order valence-electron chi connectivity index (χ3n) is 2.55. The smallest absolute Gasteiger partial charge is 0.252 e. The van der Waals surface area contributed by atoms with Crippen molar-refractivity contribution in [3.05, 3.63) is 46.6 Å². The van der Waals surface area contributed by atoms with Gasteiger partial charge in [-0.15, -0.1) is 0 Å². The van der Waals surface area contributed by atoms with Gasteiger partial charge in [0.05, 0.1) is 28.2 Å². The van der Waals surface area contributed by atoms with Crippen LogP contribution in [0.5, 0.6) is 0 Å². The van der Waals surface area contributed by atoms with E-state index in [0.29, 0.717) is 22.2 Å². The van der Waals surface area contributed by atoms with Crippen molar-refractivity contribution in [2.75, 3.05) is 11.1 Å². The Hall–Kier alpha value is -2.27. The highest BCUT2D eigenvalue weighted by atomic mass is 35.5. The molecule has 0 spiro atoms. The summed E-state index contributed by atoms with van der Waals surface area (Å²) in [5, 5.41) is 3.52. The number of nitrogens with two attached hydrogens (primary N) is 2. The minimum absolute atomic E-state index is 0.220. The maximum absolute atomic E-state index is 11.4. The molecule has 5 N–H and O–H groups in total. The summed E-state index contributed by atoms with van der Waals surface area (Å²) in [5.41, 5.74) is 13.2. The number of nitrogen functional groups attached to an aromatic ring is 1. The number of hydrogen-bond acceptors (Lipinski definition) is 4. The highest BCUT2D eigenvalue weighted by molar-refractivity contribution is 6.33. The van der Waals surface area contributed by atoms with E-state index in [1.807, 2.05) is 19.1 Å². The molecule has 2 rings (SSSR count). The van der Waals surface area contributed by atoms with Crippen LogP contribution in [0, 0.1) is 6.92 Å². The molecule has 0 aliphatic heterocycles. The fourth-order valence-corrected chi connectivity index (χ4v) is 1.80. The summed E-state index contributed by atoms with van der Waals surface area (Å²) in [6.45, 7) is 1.94. The summed E-state index contributed by atoms with van der Waals surface area (Å²) in [4.78, 5) is 15.4. The Kier molecular flexibility index (Phi) is 3.57. The van der Waals surface area contributed by atoms with Crippen LogP contribution in [0.1, 0.15) is 15.9 Å². The van der Waals surface area contributed by atoms with Gasteiger partial charge in [-0.05, 0) is 30.7 Å². The molecule has 0 radical (unpaired) electrons. The minimum Gasteiger partial charge on any atom is -0.397 e. The number of nitrogens with one attached hydrogen (secondary N) is 1. The number of amides is 1. The van der Waals surface area contributed by atoms with Gasteiger partial charge in [0.15, 0.2) is 0 Å². The number of carbonyl (C=O) groups is 1. The van der Waals surface area contributed by atoms with E-state index in [1.165, 1.54) is 12.3 Å². The Labute approximate surface area is 115 Å². The first-order valence-electron chi connectivity index (χ1n) is 5.56. The Bertz CT molecular complexity index is 643. The quantitative estimate of drug-likeness (QED) is 0.803. The molecular weight excluding hydrogens is 264 g/mol. The van der Waals surface area contributed by atoms with Crippen LogP contribution in [0.4, 0.5) is 17.2 Å². The molecule has 2 aromatic rings. The second-order valence-electron chi connectivity index (χ2n) is 4.14. The second kappa shape index (κ2) is 5.16. The van der Waals surface area contributed by atoms with Crippen LogP contribution in [0.2, 0.25) is 5.02 Å². The number of benzene rings is 1. The summed E-state index contributed by atoms with van der Waals surface area (Å²) < 4.78 is 0. The topological polar surface area (TPSA) is 94.0 Å². The van der Waals surface area contributed by atoms with E-state index in [0.717, 1.165) is 5.56 Å². The van der Waals surface area contributed by atoms with Crippen molar-refractivity contribution in [2.45, 2.75) is 6.92 Å². The van der Waals surface area contributed by atoms with Crippen LogP contribution in [0.25, 0.3) is 0 Å². The van der Waals surface area contributed by atoms with E-state index in [-0.39, 0.29) is 5.56 Å². The number of carbonyl (C=O) groups excluding carboxylic acids is 1. The fourth-order valence-electron chi connectivity index (χ4n) is 1.63. The average Bonchev–Trinajstić information content (AvgIpc) is 2.35. The van der Waals surface area contributed by atoms with Crippen LogP contribution in [-0.4, -0.2) is 10.9 Å². The normalized spacial score (nSPS) is 10.2. The van der Waals surface area contributed by atoms with Crippen LogP contribution < -0.4 is 16.8 Å². The third-order valence-corrected chi connectivity index (χ3v) is 2.88. The Morgan fingerprint density at radius 1 is 1.37 bits per heavy atom. The summed E-state index contributed by atoms with van der Waals surface area (Å²) in [7, 11) is 0. The molecule has 0 saturated carbocycles. The number of aryl methyl sites for hydroxylation is 1. The van der Waals surface area contributed by atoms with Crippen molar-refractivity contribution in [1.82, 2.24) is 4.98 Å². The van der Waals surface area contributed by atoms with E-state index in [2.05, 4.69) is 10.3 Å². The molecule has 1 amide bonds. The van der Waals surface area contributed by atoms with Gasteiger partial charge in [0, 0.05) is 0 Å². The van der Waals surface area contributed by atoms with Gasteiger partial charge in [-0.1, -0.05) is 17.7 Å². The number of pyridine rings is 1. The predicted molar refractivity (Wildman–Crippen MR) is 76.6 cm³/mol. The van der Waals surface area contributed by atoms with Gasteiger partial charge in [0.25, 0.3) is 5.91 Å². The lowest BCUT2D eigenvalue weighted by molar-refractivity contribution is 0.100. The summed E-state index contributed by atoms with van der Waals surface area (Å²) in [6.07, 6.45) is 1.44. The molecule has 0 atom stereocenters. The highest BCUT2D eigenvalue weighted by Gasteiger charge is 2.11. The van der Waals surface area contributed by atoms with Gasteiger partial charge < -0.3 is 16.8 Å². The number of primary amides is 1. The Morgan fingerprint density at radius 3 is 2.79 bits per heavy atom. The maximum atomic E-state index is 11.4. The molecule has 5 nitrogen and oxygen atoms in total. The molecule has 19 heavy (non-hydrogen) atoms. The molecule has 1 aromatic heterocycles. The van der Waals surface area contributed by atoms with Crippen molar-refractivity contribution in [3.63, 3.8) is 0 Å². The van der Waals surface area contributed by atoms with Gasteiger partial charge in [-0.2, -0.15) is 0 Å². The number of aromatic nitrogens is 1. The van der Waals surface area contributed by atoms with E-state index >= 15 is 0 Å². The number of hydrogen-bond donors (Lipinski definition) is 3. The molecule has 0 bridgehead atoms. The van der Waals surface area contributed by atoms with Crippen LogP contribution in [0.3, 0.4) is 0 Å². The van der Waals surface area contributed by atoms with Gasteiger partial charge in [0.2, 0.25) is 0 Å².